The topological polar surface area (TPSA) is 51.5 Å². The predicted molar refractivity (Wildman–Crippen MR) is 113 cm³/mol. The van der Waals surface area contributed by atoms with Gasteiger partial charge in [0.15, 0.2) is 5.43 Å². The molecule has 0 aliphatic rings. The van der Waals surface area contributed by atoms with Crippen LogP contribution in [0.4, 0.5) is 0 Å². The summed E-state index contributed by atoms with van der Waals surface area (Å²) in [5.41, 5.74) is 3.17. The summed E-state index contributed by atoms with van der Waals surface area (Å²) in [5.74, 6) is 0.773. The maximum atomic E-state index is 13.1. The van der Waals surface area contributed by atoms with Crippen LogP contribution >= 0.6 is 0 Å². The quantitative estimate of drug-likeness (QED) is 0.655. The Hall–Kier alpha value is -3.08. The Morgan fingerprint density at radius 1 is 1.07 bits per heavy atom. The fraction of sp³-hybridized carbons (Fsp3) is 0.304. The molecule has 0 fully saturated rings. The van der Waals surface area contributed by atoms with E-state index in [1.807, 2.05) is 67.8 Å². The Morgan fingerprint density at radius 3 is 2.36 bits per heavy atom. The van der Waals surface area contributed by atoms with E-state index in [1.54, 1.807) is 18.2 Å². The summed E-state index contributed by atoms with van der Waals surface area (Å²) in [5, 5.41) is 0.617. The molecule has 0 unspecified atom stereocenters. The van der Waals surface area contributed by atoms with E-state index in [1.165, 1.54) is 0 Å². The van der Waals surface area contributed by atoms with Crippen LogP contribution < -0.4 is 10.2 Å². The number of carbonyl (C=O) groups excluding carboxylic acids is 1. The standard InChI is InChI=1S/C23H26N2O3/c1-5-24(6-2)22(26)15-25-14-20(17-8-10-18(28-4)11-9-17)23(27)19-12-7-16(3)13-21(19)25/h7-14H,5-6,15H2,1-4H3. The van der Waals surface area contributed by atoms with Crippen molar-refractivity contribution in [1.82, 2.24) is 9.47 Å². The van der Waals surface area contributed by atoms with Crippen molar-refractivity contribution in [2.45, 2.75) is 27.3 Å². The highest BCUT2D eigenvalue weighted by atomic mass is 16.5. The molecule has 0 atom stereocenters. The summed E-state index contributed by atoms with van der Waals surface area (Å²) in [4.78, 5) is 27.7. The van der Waals surface area contributed by atoms with Gasteiger partial charge < -0.3 is 14.2 Å². The molecule has 0 saturated heterocycles. The fourth-order valence-electron chi connectivity index (χ4n) is 3.43. The highest BCUT2D eigenvalue weighted by molar-refractivity contribution is 5.86. The van der Waals surface area contributed by atoms with E-state index >= 15 is 0 Å². The number of amides is 1. The zero-order valence-electron chi connectivity index (χ0n) is 16.9. The Labute approximate surface area is 165 Å². The Bertz CT molecular complexity index is 1050. The minimum Gasteiger partial charge on any atom is -0.497 e. The first-order valence-electron chi connectivity index (χ1n) is 9.54. The van der Waals surface area contributed by atoms with Gasteiger partial charge in [-0.1, -0.05) is 18.2 Å². The molecule has 3 rings (SSSR count). The molecule has 2 aromatic carbocycles. The van der Waals surface area contributed by atoms with Gasteiger partial charge >= 0.3 is 0 Å². The van der Waals surface area contributed by atoms with E-state index in [9.17, 15) is 9.59 Å². The van der Waals surface area contributed by atoms with Gasteiger partial charge in [-0.05, 0) is 56.2 Å². The van der Waals surface area contributed by atoms with E-state index in [0.717, 1.165) is 22.4 Å². The van der Waals surface area contributed by atoms with Crippen molar-refractivity contribution in [2.24, 2.45) is 0 Å². The van der Waals surface area contributed by atoms with Gasteiger partial charge in [0.25, 0.3) is 0 Å². The predicted octanol–water partition coefficient (Wildman–Crippen LogP) is 3.85. The number of benzene rings is 2. The number of carbonyl (C=O) groups is 1. The highest BCUT2D eigenvalue weighted by Gasteiger charge is 2.15. The van der Waals surface area contributed by atoms with Crippen molar-refractivity contribution in [3.05, 3.63) is 64.4 Å². The minimum absolute atomic E-state index is 0.0355. The van der Waals surface area contributed by atoms with E-state index < -0.39 is 0 Å². The van der Waals surface area contributed by atoms with Crippen LogP contribution in [0.5, 0.6) is 5.75 Å². The lowest BCUT2D eigenvalue weighted by Gasteiger charge is -2.21. The van der Waals surface area contributed by atoms with E-state index in [4.69, 9.17) is 4.74 Å². The van der Waals surface area contributed by atoms with Gasteiger partial charge in [-0.15, -0.1) is 0 Å². The number of rotatable bonds is 6. The molecule has 3 aromatic rings. The molecule has 0 aliphatic heterocycles. The summed E-state index contributed by atoms with van der Waals surface area (Å²) in [6.45, 7) is 7.45. The van der Waals surface area contributed by atoms with Crippen LogP contribution in [-0.4, -0.2) is 35.6 Å². The third-order valence-corrected chi connectivity index (χ3v) is 5.06. The molecule has 0 aliphatic carbocycles. The number of aromatic nitrogens is 1. The lowest BCUT2D eigenvalue weighted by atomic mass is 10.0. The number of ether oxygens (including phenoxy) is 1. The molecule has 1 aromatic heterocycles. The molecule has 0 spiro atoms. The fourth-order valence-corrected chi connectivity index (χ4v) is 3.43. The number of fused-ring (bicyclic) bond motifs is 1. The summed E-state index contributed by atoms with van der Waals surface area (Å²) >= 11 is 0. The van der Waals surface area contributed by atoms with Crippen LogP contribution in [-0.2, 0) is 11.3 Å². The number of pyridine rings is 1. The zero-order valence-corrected chi connectivity index (χ0v) is 16.9. The van der Waals surface area contributed by atoms with Crippen LogP contribution in [0.2, 0.25) is 0 Å². The van der Waals surface area contributed by atoms with Crippen molar-refractivity contribution in [3.8, 4) is 16.9 Å². The van der Waals surface area contributed by atoms with E-state index in [0.29, 0.717) is 24.0 Å². The SMILES string of the molecule is CCN(CC)C(=O)Cn1cc(-c2ccc(OC)cc2)c(=O)c2ccc(C)cc21. The number of nitrogens with zero attached hydrogens (tertiary/aromatic N) is 2. The number of likely N-dealkylation sites (N-methyl/N-ethyl adjacent to an activating group) is 1. The summed E-state index contributed by atoms with van der Waals surface area (Å²) in [7, 11) is 1.61. The number of methoxy groups -OCH3 is 1. The average molecular weight is 378 g/mol. The van der Waals surface area contributed by atoms with Gasteiger partial charge in [0.2, 0.25) is 5.91 Å². The third-order valence-electron chi connectivity index (χ3n) is 5.06. The number of hydrogen-bond acceptors (Lipinski definition) is 3. The first-order valence-corrected chi connectivity index (χ1v) is 9.54. The van der Waals surface area contributed by atoms with Gasteiger partial charge in [-0.25, -0.2) is 0 Å². The van der Waals surface area contributed by atoms with Gasteiger partial charge in [0.05, 0.1) is 12.6 Å². The number of hydrogen-bond donors (Lipinski definition) is 0. The normalized spacial score (nSPS) is 10.9. The minimum atomic E-state index is -0.0355. The monoisotopic (exact) mass is 378 g/mol. The molecule has 0 N–H and O–H groups in total. The maximum Gasteiger partial charge on any atom is 0.242 e. The molecular formula is C23H26N2O3. The summed E-state index contributed by atoms with van der Waals surface area (Å²) < 4.78 is 7.11. The zero-order chi connectivity index (χ0) is 20.3. The second-order valence-electron chi connectivity index (χ2n) is 6.81. The van der Waals surface area contributed by atoms with Crippen LogP contribution in [0.3, 0.4) is 0 Å². The van der Waals surface area contributed by atoms with E-state index in [2.05, 4.69) is 0 Å². The average Bonchev–Trinajstić information content (AvgIpc) is 2.71. The Kier molecular flexibility index (Phi) is 5.83. The van der Waals surface area contributed by atoms with Gasteiger partial charge in [-0.2, -0.15) is 0 Å². The smallest absolute Gasteiger partial charge is 0.242 e. The molecule has 5 nitrogen and oxygen atoms in total. The first kappa shape index (κ1) is 19.7. The lowest BCUT2D eigenvalue weighted by Crippen LogP contribution is -2.33. The molecule has 0 radical (unpaired) electrons. The van der Waals surface area contributed by atoms with Crippen molar-refractivity contribution in [3.63, 3.8) is 0 Å². The molecule has 5 heteroatoms. The van der Waals surface area contributed by atoms with Crippen molar-refractivity contribution in [2.75, 3.05) is 20.2 Å². The summed E-state index contributed by atoms with van der Waals surface area (Å²) in [6.07, 6.45) is 1.80. The van der Waals surface area contributed by atoms with Crippen LogP contribution in [0.15, 0.2) is 53.5 Å². The van der Waals surface area contributed by atoms with Crippen molar-refractivity contribution >= 4 is 16.8 Å². The Morgan fingerprint density at radius 2 is 1.75 bits per heavy atom. The lowest BCUT2D eigenvalue weighted by molar-refractivity contribution is -0.131. The third kappa shape index (κ3) is 3.79. The first-order chi connectivity index (χ1) is 13.5. The molecule has 146 valence electrons. The van der Waals surface area contributed by atoms with Crippen LogP contribution in [0.25, 0.3) is 22.0 Å². The second kappa shape index (κ2) is 8.30. The van der Waals surface area contributed by atoms with Crippen LogP contribution in [0.1, 0.15) is 19.4 Å². The van der Waals surface area contributed by atoms with Gasteiger partial charge in [0, 0.05) is 30.2 Å². The highest BCUT2D eigenvalue weighted by Crippen LogP contribution is 2.23. The molecule has 28 heavy (non-hydrogen) atoms. The molecule has 0 bridgehead atoms. The largest absolute Gasteiger partial charge is 0.497 e. The second-order valence-corrected chi connectivity index (χ2v) is 6.81. The van der Waals surface area contributed by atoms with Crippen molar-refractivity contribution < 1.29 is 9.53 Å². The molecule has 1 heterocycles. The van der Waals surface area contributed by atoms with Crippen LogP contribution in [0, 0.1) is 6.92 Å². The van der Waals surface area contributed by atoms with Gasteiger partial charge in [0.1, 0.15) is 12.3 Å². The maximum absolute atomic E-state index is 13.1. The molecule has 0 saturated carbocycles. The molecular weight excluding hydrogens is 352 g/mol. The van der Waals surface area contributed by atoms with Crippen molar-refractivity contribution in [1.29, 1.82) is 0 Å². The van der Waals surface area contributed by atoms with Gasteiger partial charge in [-0.3, -0.25) is 9.59 Å². The Balaban J connectivity index is 2.17. The summed E-state index contributed by atoms with van der Waals surface area (Å²) in [6, 6.07) is 13.1. The molecule has 1 amide bonds. The van der Waals surface area contributed by atoms with E-state index in [-0.39, 0.29) is 17.9 Å². The number of aryl methyl sites for hydroxylation is 1.